The van der Waals surface area contributed by atoms with Crippen LogP contribution in [0.1, 0.15) is 49.0 Å². The standard InChI is InChI=1S/C26H31N5O2S/c32-24(17-11-15-31(16-12-17)26(33)30-13-5-6-14-30)29-25-22(18-7-1-4-10-21(18)34-25)23-27-19-8-2-3-9-20(19)28-23/h2-3,8-9,17H,1,4-7,10-16H2,(H,27,28)(H,29,32). The van der Waals surface area contributed by atoms with Crippen molar-refractivity contribution in [2.24, 2.45) is 5.92 Å². The number of amides is 3. The van der Waals surface area contributed by atoms with Crippen LogP contribution >= 0.6 is 11.3 Å². The average molecular weight is 478 g/mol. The Morgan fingerprint density at radius 3 is 2.50 bits per heavy atom. The van der Waals surface area contributed by atoms with E-state index in [4.69, 9.17) is 4.98 Å². The fourth-order valence-corrected chi connectivity index (χ4v) is 6.92. The van der Waals surface area contributed by atoms with Crippen LogP contribution in [0.15, 0.2) is 24.3 Å². The molecule has 34 heavy (non-hydrogen) atoms. The van der Waals surface area contributed by atoms with Gasteiger partial charge in [-0.15, -0.1) is 11.3 Å². The van der Waals surface area contributed by atoms with Crippen molar-refractivity contribution in [3.8, 4) is 11.4 Å². The maximum atomic E-state index is 13.3. The number of carbonyl (C=O) groups excluding carboxylic acids is 2. The van der Waals surface area contributed by atoms with E-state index in [1.165, 1.54) is 23.3 Å². The molecule has 3 aliphatic rings. The normalized spacial score (nSPS) is 18.9. The van der Waals surface area contributed by atoms with Crippen molar-refractivity contribution in [2.75, 3.05) is 31.5 Å². The first-order valence-corrected chi connectivity index (χ1v) is 13.4. The van der Waals surface area contributed by atoms with Crippen LogP contribution in [0.3, 0.4) is 0 Å². The number of H-pyrrole nitrogens is 1. The molecule has 0 spiro atoms. The number of anilines is 1. The first-order valence-electron chi connectivity index (χ1n) is 12.6. The monoisotopic (exact) mass is 477 g/mol. The number of hydrogen-bond donors (Lipinski definition) is 2. The van der Waals surface area contributed by atoms with E-state index in [1.807, 2.05) is 34.1 Å². The highest BCUT2D eigenvalue weighted by Crippen LogP contribution is 2.44. The van der Waals surface area contributed by atoms with Gasteiger partial charge in [-0.05, 0) is 69.1 Å². The molecule has 8 heteroatoms. The Hall–Kier alpha value is -2.87. The fourth-order valence-electron chi connectivity index (χ4n) is 5.63. The molecule has 2 aliphatic heterocycles. The molecule has 2 saturated heterocycles. The van der Waals surface area contributed by atoms with Crippen molar-refractivity contribution in [3.05, 3.63) is 34.7 Å². The molecule has 0 atom stereocenters. The van der Waals surface area contributed by atoms with Crippen LogP contribution < -0.4 is 5.32 Å². The van der Waals surface area contributed by atoms with Gasteiger partial charge in [0.1, 0.15) is 10.8 Å². The summed E-state index contributed by atoms with van der Waals surface area (Å²) in [6, 6.07) is 8.22. The molecule has 1 aliphatic carbocycles. The second-order valence-corrected chi connectivity index (χ2v) is 10.9. The number of nitrogens with one attached hydrogen (secondary N) is 2. The van der Waals surface area contributed by atoms with E-state index in [0.717, 1.165) is 79.0 Å². The van der Waals surface area contributed by atoms with Gasteiger partial charge in [-0.1, -0.05) is 12.1 Å². The molecule has 2 N–H and O–H groups in total. The second-order valence-electron chi connectivity index (χ2n) is 9.74. The number of benzene rings is 1. The Morgan fingerprint density at radius 2 is 1.71 bits per heavy atom. The molecule has 0 saturated carbocycles. The van der Waals surface area contributed by atoms with Crippen molar-refractivity contribution in [2.45, 2.75) is 51.4 Å². The number of fused-ring (bicyclic) bond motifs is 2. The van der Waals surface area contributed by atoms with E-state index in [1.54, 1.807) is 11.3 Å². The molecule has 4 heterocycles. The summed E-state index contributed by atoms with van der Waals surface area (Å²) in [7, 11) is 0. The second kappa shape index (κ2) is 9.06. The Morgan fingerprint density at radius 1 is 0.971 bits per heavy atom. The SMILES string of the molecule is O=C(Nc1sc2c(c1-c1nc3ccccc3[nH]1)CCCC2)C1CCN(C(=O)N2CCCC2)CC1. The van der Waals surface area contributed by atoms with Crippen LogP contribution in [0.2, 0.25) is 0 Å². The number of para-hydroxylation sites is 2. The predicted molar refractivity (Wildman–Crippen MR) is 135 cm³/mol. The Kier molecular flexibility index (Phi) is 5.77. The molecule has 7 nitrogen and oxygen atoms in total. The highest BCUT2D eigenvalue weighted by Gasteiger charge is 2.32. The lowest BCUT2D eigenvalue weighted by Gasteiger charge is -2.34. The van der Waals surface area contributed by atoms with Crippen molar-refractivity contribution >= 4 is 39.3 Å². The fraction of sp³-hybridized carbons (Fsp3) is 0.500. The lowest BCUT2D eigenvalue weighted by molar-refractivity contribution is -0.121. The zero-order chi connectivity index (χ0) is 23.1. The number of rotatable bonds is 3. The van der Waals surface area contributed by atoms with Gasteiger partial charge in [-0.3, -0.25) is 4.79 Å². The first-order chi connectivity index (χ1) is 16.7. The van der Waals surface area contributed by atoms with Gasteiger partial charge in [0, 0.05) is 37.0 Å². The zero-order valence-corrected chi connectivity index (χ0v) is 20.3. The van der Waals surface area contributed by atoms with Gasteiger partial charge < -0.3 is 20.1 Å². The quantitative estimate of drug-likeness (QED) is 0.555. The van der Waals surface area contributed by atoms with E-state index in [-0.39, 0.29) is 17.9 Å². The van der Waals surface area contributed by atoms with Crippen LogP contribution in [0.5, 0.6) is 0 Å². The number of carbonyl (C=O) groups is 2. The summed E-state index contributed by atoms with van der Waals surface area (Å²) in [5, 5.41) is 4.21. The molecule has 178 valence electrons. The minimum Gasteiger partial charge on any atom is -0.338 e. The highest BCUT2D eigenvalue weighted by molar-refractivity contribution is 7.17. The van der Waals surface area contributed by atoms with E-state index < -0.39 is 0 Å². The topological polar surface area (TPSA) is 81.3 Å². The van der Waals surface area contributed by atoms with Crippen molar-refractivity contribution in [1.29, 1.82) is 0 Å². The maximum absolute atomic E-state index is 13.3. The Balaban J connectivity index is 1.20. The number of urea groups is 1. The number of nitrogens with zero attached hydrogens (tertiary/aromatic N) is 3. The van der Waals surface area contributed by atoms with E-state index in [2.05, 4.69) is 10.3 Å². The average Bonchev–Trinajstić information content (AvgIpc) is 3.61. The summed E-state index contributed by atoms with van der Waals surface area (Å²) >= 11 is 1.72. The number of aromatic nitrogens is 2. The predicted octanol–water partition coefficient (Wildman–Crippen LogP) is 5.04. The summed E-state index contributed by atoms with van der Waals surface area (Å²) < 4.78 is 0. The number of piperidine rings is 1. The molecule has 3 aromatic rings. The van der Waals surface area contributed by atoms with Crippen LogP contribution in [0.25, 0.3) is 22.4 Å². The van der Waals surface area contributed by atoms with Gasteiger partial charge in [0.15, 0.2) is 0 Å². The molecule has 2 fully saturated rings. The van der Waals surface area contributed by atoms with Gasteiger partial charge in [-0.25, -0.2) is 9.78 Å². The minimum absolute atomic E-state index is 0.0646. The molecule has 0 unspecified atom stereocenters. The Bertz CT molecular complexity index is 1180. The molecular weight excluding hydrogens is 446 g/mol. The van der Waals surface area contributed by atoms with Crippen LogP contribution in [-0.2, 0) is 17.6 Å². The molecule has 2 aromatic heterocycles. The van der Waals surface area contributed by atoms with E-state index >= 15 is 0 Å². The first kappa shape index (κ1) is 21.6. The van der Waals surface area contributed by atoms with E-state index in [9.17, 15) is 9.59 Å². The molecule has 0 bridgehead atoms. The lowest BCUT2D eigenvalue weighted by atomic mass is 9.94. The number of likely N-dealkylation sites (tertiary alicyclic amines) is 2. The minimum atomic E-state index is -0.0646. The summed E-state index contributed by atoms with van der Waals surface area (Å²) in [6.45, 7) is 3.05. The number of thiophene rings is 1. The third-order valence-electron chi connectivity index (χ3n) is 7.55. The summed E-state index contributed by atoms with van der Waals surface area (Å²) in [5.41, 5.74) is 4.38. The van der Waals surface area contributed by atoms with Gasteiger partial charge in [0.05, 0.1) is 16.6 Å². The molecule has 3 amide bonds. The van der Waals surface area contributed by atoms with E-state index in [0.29, 0.717) is 13.1 Å². The van der Waals surface area contributed by atoms with Crippen LogP contribution in [0.4, 0.5) is 9.80 Å². The summed E-state index contributed by atoms with van der Waals surface area (Å²) in [6.07, 6.45) is 8.11. The van der Waals surface area contributed by atoms with Crippen molar-refractivity contribution in [1.82, 2.24) is 19.8 Å². The number of hydrogen-bond acceptors (Lipinski definition) is 4. The third-order valence-corrected chi connectivity index (χ3v) is 8.75. The molecular formula is C26H31N5O2S. The van der Waals surface area contributed by atoms with Crippen LogP contribution in [0, 0.1) is 5.92 Å². The number of imidazole rings is 1. The zero-order valence-electron chi connectivity index (χ0n) is 19.4. The highest BCUT2D eigenvalue weighted by atomic mass is 32.1. The number of aryl methyl sites for hydroxylation is 1. The third kappa shape index (κ3) is 3.98. The summed E-state index contributed by atoms with van der Waals surface area (Å²) in [5.74, 6) is 0.858. The molecule has 6 rings (SSSR count). The molecule has 1 aromatic carbocycles. The largest absolute Gasteiger partial charge is 0.338 e. The lowest BCUT2D eigenvalue weighted by Crippen LogP contribution is -2.47. The summed E-state index contributed by atoms with van der Waals surface area (Å²) in [4.78, 5) is 39.6. The van der Waals surface area contributed by atoms with Gasteiger partial charge >= 0.3 is 6.03 Å². The van der Waals surface area contributed by atoms with Crippen molar-refractivity contribution < 1.29 is 9.59 Å². The Labute approximate surface area is 203 Å². The van der Waals surface area contributed by atoms with Gasteiger partial charge in [0.25, 0.3) is 0 Å². The smallest absolute Gasteiger partial charge is 0.319 e. The molecule has 0 radical (unpaired) electrons. The number of aromatic amines is 1. The van der Waals surface area contributed by atoms with Crippen molar-refractivity contribution in [3.63, 3.8) is 0 Å². The van der Waals surface area contributed by atoms with Gasteiger partial charge in [-0.2, -0.15) is 0 Å². The van der Waals surface area contributed by atoms with Gasteiger partial charge in [0.2, 0.25) is 5.91 Å². The van der Waals surface area contributed by atoms with Crippen LogP contribution in [-0.4, -0.2) is 57.9 Å². The maximum Gasteiger partial charge on any atom is 0.319 e.